The molecule has 7 nitrogen and oxygen atoms in total. The molecule has 29 heavy (non-hydrogen) atoms. The Kier molecular flexibility index (Phi) is 5.78. The Bertz CT molecular complexity index is 861. The molecule has 1 saturated heterocycles. The number of carbonyl (C=O) groups excluding carboxylic acids is 1. The molecule has 0 saturated carbocycles. The van der Waals surface area contributed by atoms with Crippen molar-refractivity contribution in [2.45, 2.75) is 38.2 Å². The van der Waals surface area contributed by atoms with E-state index in [0.717, 1.165) is 69.2 Å². The number of piperidine rings is 1. The van der Waals surface area contributed by atoms with Crippen molar-refractivity contribution >= 4 is 5.91 Å². The fraction of sp³-hybridized carbons (Fsp3) is 0.500. The second-order valence-corrected chi connectivity index (χ2v) is 7.82. The van der Waals surface area contributed by atoms with E-state index in [1.807, 2.05) is 13.1 Å². The van der Waals surface area contributed by atoms with Crippen LogP contribution in [0.4, 0.5) is 0 Å². The number of nitrogens with two attached hydrogens (primary N) is 1. The van der Waals surface area contributed by atoms with Crippen LogP contribution < -0.4 is 10.5 Å². The van der Waals surface area contributed by atoms with Crippen LogP contribution in [0.25, 0.3) is 0 Å². The summed E-state index contributed by atoms with van der Waals surface area (Å²) in [7, 11) is 0. The Labute approximate surface area is 171 Å². The molecular weight excluding hydrogens is 368 g/mol. The van der Waals surface area contributed by atoms with E-state index in [0.29, 0.717) is 12.2 Å². The molecule has 2 aliphatic rings. The summed E-state index contributed by atoms with van der Waals surface area (Å²) in [5.74, 6) is 1.15. The van der Waals surface area contributed by atoms with Crippen molar-refractivity contribution in [1.29, 1.82) is 0 Å². The van der Waals surface area contributed by atoms with Gasteiger partial charge in [0.05, 0.1) is 18.9 Å². The van der Waals surface area contributed by atoms with Crippen molar-refractivity contribution in [2.24, 2.45) is 5.73 Å². The second-order valence-electron chi connectivity index (χ2n) is 7.82. The molecule has 1 aromatic carbocycles. The van der Waals surface area contributed by atoms with Crippen LogP contribution in [0.1, 0.15) is 46.7 Å². The zero-order valence-corrected chi connectivity index (χ0v) is 16.9. The quantitative estimate of drug-likeness (QED) is 0.753. The van der Waals surface area contributed by atoms with Crippen LogP contribution in [-0.4, -0.2) is 53.6 Å². The van der Waals surface area contributed by atoms with E-state index in [1.54, 1.807) is 24.3 Å². The normalized spacial score (nSPS) is 18.4. The highest BCUT2D eigenvalue weighted by Gasteiger charge is 2.42. The zero-order chi connectivity index (χ0) is 20.3. The van der Waals surface area contributed by atoms with E-state index in [1.165, 1.54) is 5.56 Å². The summed E-state index contributed by atoms with van der Waals surface area (Å²) < 4.78 is 12.1. The molecule has 1 spiro atoms. The lowest BCUT2D eigenvalue weighted by Crippen LogP contribution is -2.47. The maximum atomic E-state index is 11.1. The molecule has 0 radical (unpaired) electrons. The highest BCUT2D eigenvalue weighted by molar-refractivity contribution is 5.92. The highest BCUT2D eigenvalue weighted by Crippen LogP contribution is 2.40. The first kappa shape index (κ1) is 19.8. The molecule has 154 valence electrons. The number of carbonyl (C=O) groups is 1. The van der Waals surface area contributed by atoms with Gasteiger partial charge in [-0.15, -0.1) is 0 Å². The molecule has 0 aliphatic carbocycles. The summed E-state index contributed by atoms with van der Waals surface area (Å²) in [5.41, 5.74) is 7.86. The van der Waals surface area contributed by atoms with Gasteiger partial charge in [0, 0.05) is 31.4 Å². The largest absolute Gasteiger partial charge is 0.494 e. The predicted octanol–water partition coefficient (Wildman–Crippen LogP) is 2.22. The number of fused-ring (bicyclic) bond motifs is 2. The molecule has 2 aromatic rings. The molecule has 1 aromatic heterocycles. The van der Waals surface area contributed by atoms with Gasteiger partial charge in [0.15, 0.2) is 0 Å². The van der Waals surface area contributed by atoms with Crippen molar-refractivity contribution in [3.63, 3.8) is 0 Å². The van der Waals surface area contributed by atoms with Gasteiger partial charge in [-0.25, -0.2) is 9.97 Å². The van der Waals surface area contributed by atoms with Gasteiger partial charge in [0.1, 0.15) is 17.2 Å². The Morgan fingerprint density at radius 2 is 2.03 bits per heavy atom. The van der Waals surface area contributed by atoms with Gasteiger partial charge >= 0.3 is 0 Å². The van der Waals surface area contributed by atoms with Gasteiger partial charge in [-0.1, -0.05) is 0 Å². The van der Waals surface area contributed by atoms with Gasteiger partial charge in [-0.05, 0) is 62.4 Å². The molecule has 3 heterocycles. The number of ether oxygens (including phenoxy) is 2. The summed E-state index contributed by atoms with van der Waals surface area (Å²) >= 11 is 0. The van der Waals surface area contributed by atoms with Crippen molar-refractivity contribution in [3.8, 4) is 5.75 Å². The van der Waals surface area contributed by atoms with Crippen LogP contribution in [0.2, 0.25) is 0 Å². The third-order valence-corrected chi connectivity index (χ3v) is 5.86. The minimum absolute atomic E-state index is 0.240. The van der Waals surface area contributed by atoms with E-state index in [2.05, 4.69) is 9.88 Å². The molecule has 0 bridgehead atoms. The van der Waals surface area contributed by atoms with Crippen LogP contribution in [-0.2, 0) is 16.8 Å². The number of nitrogens with zero attached hydrogens (tertiary/aromatic N) is 3. The van der Waals surface area contributed by atoms with Crippen LogP contribution in [0.3, 0.4) is 0 Å². The maximum Gasteiger partial charge on any atom is 0.248 e. The van der Waals surface area contributed by atoms with Gasteiger partial charge in [0.2, 0.25) is 5.91 Å². The van der Waals surface area contributed by atoms with E-state index >= 15 is 0 Å². The topological polar surface area (TPSA) is 90.6 Å². The predicted molar refractivity (Wildman–Crippen MR) is 109 cm³/mol. The molecule has 0 atom stereocenters. The lowest BCUT2D eigenvalue weighted by Gasteiger charge is -2.44. The monoisotopic (exact) mass is 396 g/mol. The number of likely N-dealkylation sites (tertiary alicyclic amines) is 1. The van der Waals surface area contributed by atoms with Crippen molar-refractivity contribution in [1.82, 2.24) is 14.9 Å². The molecule has 7 heteroatoms. The average Bonchev–Trinajstić information content (AvgIpc) is 2.73. The van der Waals surface area contributed by atoms with Crippen molar-refractivity contribution in [2.75, 3.05) is 32.8 Å². The summed E-state index contributed by atoms with van der Waals surface area (Å²) in [6.07, 6.45) is 5.75. The number of rotatable bonds is 6. The first-order valence-corrected chi connectivity index (χ1v) is 10.3. The highest BCUT2D eigenvalue weighted by atomic mass is 16.5. The Hall–Kier alpha value is -2.51. The molecule has 4 rings (SSSR count). The number of primary amides is 1. The lowest BCUT2D eigenvalue weighted by atomic mass is 9.83. The Morgan fingerprint density at radius 3 is 2.76 bits per heavy atom. The SMILES string of the molecule is Cc1ncc2c(n1)C1(CCN(CCCOc3ccc(C(N)=O)cc3)CC1)OCC2. The number of aryl methyl sites for hydroxylation is 1. The molecule has 2 N–H and O–H groups in total. The van der Waals surface area contributed by atoms with Crippen LogP contribution >= 0.6 is 0 Å². The van der Waals surface area contributed by atoms with Gasteiger partial charge in [-0.3, -0.25) is 4.79 Å². The summed E-state index contributed by atoms with van der Waals surface area (Å²) in [6, 6.07) is 6.95. The summed E-state index contributed by atoms with van der Waals surface area (Å²) in [6.45, 7) is 6.32. The number of amides is 1. The number of hydrogen-bond donors (Lipinski definition) is 1. The zero-order valence-electron chi connectivity index (χ0n) is 16.9. The van der Waals surface area contributed by atoms with Gasteiger partial charge in [0.25, 0.3) is 0 Å². The summed E-state index contributed by atoms with van der Waals surface area (Å²) in [4.78, 5) is 22.7. The molecule has 0 unspecified atom stereocenters. The number of benzene rings is 1. The third kappa shape index (κ3) is 4.41. The van der Waals surface area contributed by atoms with Gasteiger partial charge < -0.3 is 20.1 Å². The Morgan fingerprint density at radius 1 is 1.28 bits per heavy atom. The number of aromatic nitrogens is 2. The maximum absolute atomic E-state index is 11.1. The minimum atomic E-state index is -0.425. The second kappa shape index (κ2) is 8.47. The molecule has 1 fully saturated rings. The van der Waals surface area contributed by atoms with Crippen LogP contribution in [0.5, 0.6) is 5.75 Å². The first-order valence-electron chi connectivity index (χ1n) is 10.3. The average molecular weight is 396 g/mol. The van der Waals surface area contributed by atoms with E-state index in [-0.39, 0.29) is 5.60 Å². The Balaban J connectivity index is 1.25. The lowest BCUT2D eigenvalue weighted by molar-refractivity contribution is -0.101. The fourth-order valence-electron chi connectivity index (χ4n) is 4.21. The van der Waals surface area contributed by atoms with Crippen molar-refractivity contribution < 1.29 is 14.3 Å². The molecule has 2 aliphatic heterocycles. The molecular formula is C22H28N4O3. The van der Waals surface area contributed by atoms with E-state index in [9.17, 15) is 4.79 Å². The van der Waals surface area contributed by atoms with Crippen LogP contribution in [0, 0.1) is 6.92 Å². The molecule has 1 amide bonds. The number of hydrogen-bond acceptors (Lipinski definition) is 6. The minimum Gasteiger partial charge on any atom is -0.494 e. The van der Waals surface area contributed by atoms with Crippen molar-refractivity contribution in [3.05, 3.63) is 53.1 Å². The smallest absolute Gasteiger partial charge is 0.248 e. The van der Waals surface area contributed by atoms with E-state index < -0.39 is 5.91 Å². The van der Waals surface area contributed by atoms with E-state index in [4.69, 9.17) is 20.2 Å². The fourth-order valence-corrected chi connectivity index (χ4v) is 4.21. The third-order valence-electron chi connectivity index (χ3n) is 5.86. The first-order chi connectivity index (χ1) is 14.1. The van der Waals surface area contributed by atoms with Crippen LogP contribution in [0.15, 0.2) is 30.5 Å². The standard InChI is InChI=1S/C22H28N4O3/c1-16-24-15-18-7-14-29-22(20(18)25-16)8-11-26(12-9-22)10-2-13-28-19-5-3-17(4-6-19)21(23)27/h3-6,15H,2,7-14H2,1H3,(H2,23,27). The van der Waals surface area contributed by atoms with Gasteiger partial charge in [-0.2, -0.15) is 0 Å². The summed E-state index contributed by atoms with van der Waals surface area (Å²) in [5, 5.41) is 0.